The van der Waals surface area contributed by atoms with Crippen LogP contribution in [0.4, 0.5) is 0 Å². The van der Waals surface area contributed by atoms with Gasteiger partial charge in [0.15, 0.2) is 0 Å². The fourth-order valence-corrected chi connectivity index (χ4v) is 3.41. The summed E-state index contributed by atoms with van der Waals surface area (Å²) in [5, 5.41) is 3.37. The van der Waals surface area contributed by atoms with Crippen molar-refractivity contribution in [2.45, 2.75) is 57.4 Å². The van der Waals surface area contributed by atoms with Gasteiger partial charge in [-0.05, 0) is 43.5 Å². The molecule has 0 aliphatic rings. The minimum absolute atomic E-state index is 0.0650. The first-order valence-electron chi connectivity index (χ1n) is 8.25. The molecule has 1 rings (SSSR count). The van der Waals surface area contributed by atoms with Gasteiger partial charge in [0.2, 0.25) is 15.9 Å². The molecule has 2 N–H and O–H groups in total. The number of carbonyl (C=O) groups is 1. The quantitative estimate of drug-likeness (QED) is 0.659. The molecule has 0 fully saturated rings. The Labute approximate surface area is 150 Å². The van der Waals surface area contributed by atoms with Crippen molar-refractivity contribution in [1.82, 2.24) is 10.0 Å². The summed E-state index contributed by atoms with van der Waals surface area (Å²) in [5.74, 6) is 0.515. The fourth-order valence-electron chi connectivity index (χ4n) is 2.25. The first-order chi connectivity index (χ1) is 11.2. The third-order valence-electron chi connectivity index (χ3n) is 3.59. The second-order valence-corrected chi connectivity index (χ2v) is 8.60. The molecular weight excluding hydrogens is 348 g/mol. The van der Waals surface area contributed by atoms with Crippen molar-refractivity contribution in [2.24, 2.45) is 5.92 Å². The van der Waals surface area contributed by atoms with E-state index in [1.54, 1.807) is 0 Å². The molecule has 0 bridgehead atoms. The van der Waals surface area contributed by atoms with E-state index in [-0.39, 0.29) is 29.8 Å². The molecule has 0 heterocycles. The first-order valence-corrected chi connectivity index (χ1v) is 10.1. The lowest BCUT2D eigenvalue weighted by Crippen LogP contribution is -2.35. The van der Waals surface area contributed by atoms with E-state index in [9.17, 15) is 13.2 Å². The lowest BCUT2D eigenvalue weighted by atomic mass is 10.0. The van der Waals surface area contributed by atoms with Crippen LogP contribution >= 0.6 is 11.6 Å². The first kappa shape index (κ1) is 20.9. The lowest BCUT2D eigenvalue weighted by molar-refractivity contribution is -0.121. The van der Waals surface area contributed by atoms with E-state index < -0.39 is 10.0 Å². The van der Waals surface area contributed by atoms with Crippen LogP contribution in [0.25, 0.3) is 0 Å². The van der Waals surface area contributed by atoms with E-state index >= 15 is 0 Å². The Balaban J connectivity index is 2.33. The number of amides is 1. The van der Waals surface area contributed by atoms with Crippen molar-refractivity contribution >= 4 is 27.5 Å². The molecular formula is C17H27ClN2O3S. The highest BCUT2D eigenvalue weighted by molar-refractivity contribution is 7.89. The summed E-state index contributed by atoms with van der Waals surface area (Å²) < 4.78 is 26.6. The lowest BCUT2D eigenvalue weighted by Gasteiger charge is -2.14. The largest absolute Gasteiger partial charge is 0.354 e. The molecule has 7 heteroatoms. The number of carbonyl (C=O) groups excluding carboxylic acids is 1. The van der Waals surface area contributed by atoms with Crippen molar-refractivity contribution < 1.29 is 13.2 Å². The molecule has 1 aromatic carbocycles. The van der Waals surface area contributed by atoms with Gasteiger partial charge in [0, 0.05) is 24.0 Å². The second-order valence-electron chi connectivity index (χ2n) is 6.40. The van der Waals surface area contributed by atoms with Crippen LogP contribution < -0.4 is 10.0 Å². The molecule has 0 radical (unpaired) electrons. The maximum Gasteiger partial charge on any atom is 0.240 e. The summed E-state index contributed by atoms with van der Waals surface area (Å²) >= 11 is 5.74. The van der Waals surface area contributed by atoms with E-state index in [1.807, 2.05) is 6.92 Å². The van der Waals surface area contributed by atoms with Crippen molar-refractivity contribution in [1.29, 1.82) is 0 Å². The van der Waals surface area contributed by atoms with Gasteiger partial charge in [-0.25, -0.2) is 13.1 Å². The molecule has 0 aromatic heterocycles. The Bertz CT molecular complexity index is 615. The van der Waals surface area contributed by atoms with Crippen molar-refractivity contribution in [2.75, 3.05) is 6.54 Å². The molecule has 1 aromatic rings. The third-order valence-corrected chi connectivity index (χ3v) is 5.32. The van der Waals surface area contributed by atoms with Crippen LogP contribution in [0.15, 0.2) is 29.2 Å². The molecule has 0 aliphatic carbocycles. The van der Waals surface area contributed by atoms with Crippen LogP contribution in [0, 0.1) is 5.92 Å². The van der Waals surface area contributed by atoms with Gasteiger partial charge >= 0.3 is 0 Å². The van der Waals surface area contributed by atoms with Gasteiger partial charge in [0.25, 0.3) is 0 Å². The number of benzene rings is 1. The minimum atomic E-state index is -3.61. The fraction of sp³-hybridized carbons (Fsp3) is 0.588. The Morgan fingerprint density at radius 1 is 1.12 bits per heavy atom. The van der Waals surface area contributed by atoms with Gasteiger partial charge in [-0.15, -0.1) is 0 Å². The highest BCUT2D eigenvalue weighted by atomic mass is 35.5. The highest BCUT2D eigenvalue weighted by Gasteiger charge is 2.14. The maximum absolute atomic E-state index is 12.1. The summed E-state index contributed by atoms with van der Waals surface area (Å²) in [6.07, 6.45) is 3.26. The standard InChI is InChI=1S/C17H27ClN2O3S/c1-13(2)5-4-6-14(3)20-17(21)11-12-19-24(22,23)16-9-7-15(18)8-10-16/h7-10,13-14,19H,4-6,11-12H2,1-3H3,(H,20,21). The van der Waals surface area contributed by atoms with Crippen LogP contribution in [-0.2, 0) is 14.8 Å². The number of hydrogen-bond acceptors (Lipinski definition) is 3. The summed E-state index contributed by atoms with van der Waals surface area (Å²) in [7, 11) is -3.61. The van der Waals surface area contributed by atoms with Crippen molar-refractivity contribution in [3.05, 3.63) is 29.3 Å². The average molecular weight is 375 g/mol. The van der Waals surface area contributed by atoms with Gasteiger partial charge in [0.1, 0.15) is 0 Å². The Morgan fingerprint density at radius 3 is 2.33 bits per heavy atom. The van der Waals surface area contributed by atoms with Gasteiger partial charge < -0.3 is 5.32 Å². The molecule has 0 saturated carbocycles. The summed E-state index contributed by atoms with van der Waals surface area (Å²) in [4.78, 5) is 12.0. The van der Waals surface area contributed by atoms with Crippen LogP contribution in [-0.4, -0.2) is 26.9 Å². The van der Waals surface area contributed by atoms with Crippen molar-refractivity contribution in [3.8, 4) is 0 Å². The smallest absolute Gasteiger partial charge is 0.240 e. The molecule has 0 saturated heterocycles. The summed E-state index contributed by atoms with van der Waals surface area (Å²) in [5.41, 5.74) is 0. The van der Waals surface area contributed by atoms with Gasteiger partial charge in [-0.2, -0.15) is 0 Å². The molecule has 24 heavy (non-hydrogen) atoms. The molecule has 0 aliphatic heterocycles. The topological polar surface area (TPSA) is 75.3 Å². The SMILES string of the molecule is CC(C)CCCC(C)NC(=O)CCNS(=O)(=O)c1ccc(Cl)cc1. The van der Waals surface area contributed by atoms with E-state index in [4.69, 9.17) is 11.6 Å². The molecule has 0 spiro atoms. The highest BCUT2D eigenvalue weighted by Crippen LogP contribution is 2.13. The maximum atomic E-state index is 12.1. The molecule has 136 valence electrons. The van der Waals surface area contributed by atoms with E-state index in [1.165, 1.54) is 24.3 Å². The van der Waals surface area contributed by atoms with Gasteiger partial charge in [-0.3, -0.25) is 4.79 Å². The molecule has 1 amide bonds. The zero-order valence-electron chi connectivity index (χ0n) is 14.5. The number of nitrogens with one attached hydrogen (secondary N) is 2. The molecule has 1 unspecified atom stereocenters. The predicted molar refractivity (Wildman–Crippen MR) is 97.6 cm³/mol. The number of hydrogen-bond donors (Lipinski definition) is 2. The van der Waals surface area contributed by atoms with E-state index in [0.717, 1.165) is 19.3 Å². The number of sulfonamides is 1. The minimum Gasteiger partial charge on any atom is -0.354 e. The zero-order chi connectivity index (χ0) is 18.2. The summed E-state index contributed by atoms with van der Waals surface area (Å²) in [6.45, 7) is 6.39. The normalized spacial score (nSPS) is 13.0. The monoisotopic (exact) mass is 374 g/mol. The zero-order valence-corrected chi connectivity index (χ0v) is 16.1. The van der Waals surface area contributed by atoms with Crippen LogP contribution in [0.5, 0.6) is 0 Å². The van der Waals surface area contributed by atoms with Crippen LogP contribution in [0.1, 0.15) is 46.5 Å². The van der Waals surface area contributed by atoms with Crippen molar-refractivity contribution in [3.63, 3.8) is 0 Å². The number of halogens is 1. The summed E-state index contributed by atoms with van der Waals surface area (Å²) in [6, 6.07) is 6.00. The predicted octanol–water partition coefficient (Wildman–Crippen LogP) is 3.34. The third kappa shape index (κ3) is 8.13. The Morgan fingerprint density at radius 2 is 1.75 bits per heavy atom. The second kappa shape index (κ2) is 10.0. The average Bonchev–Trinajstić information content (AvgIpc) is 2.46. The van der Waals surface area contributed by atoms with Crippen LogP contribution in [0.3, 0.4) is 0 Å². The van der Waals surface area contributed by atoms with Gasteiger partial charge in [-0.1, -0.05) is 38.3 Å². The van der Waals surface area contributed by atoms with Gasteiger partial charge in [0.05, 0.1) is 4.90 Å². The molecule has 5 nitrogen and oxygen atoms in total. The van der Waals surface area contributed by atoms with E-state index in [0.29, 0.717) is 10.9 Å². The van der Waals surface area contributed by atoms with Crippen LogP contribution in [0.2, 0.25) is 5.02 Å². The molecule has 1 atom stereocenters. The van der Waals surface area contributed by atoms with E-state index in [2.05, 4.69) is 23.9 Å². The Hall–Kier alpha value is -1.11. The Kier molecular flexibility index (Phi) is 8.73. The number of rotatable bonds is 10.